The predicted molar refractivity (Wildman–Crippen MR) is 77.4 cm³/mol. The van der Waals surface area contributed by atoms with E-state index < -0.39 is 0 Å². The molecule has 1 atom stereocenters. The molecule has 2 aliphatic carbocycles. The predicted octanol–water partition coefficient (Wildman–Crippen LogP) is 3.07. The first-order valence-electron chi connectivity index (χ1n) is 7.86. The number of esters is 1. The van der Waals surface area contributed by atoms with Gasteiger partial charge in [0.1, 0.15) is 11.4 Å². The van der Waals surface area contributed by atoms with Gasteiger partial charge in [0, 0.05) is 12.0 Å². The van der Waals surface area contributed by atoms with E-state index in [1.165, 1.54) is 7.11 Å². The van der Waals surface area contributed by atoms with E-state index in [1.54, 1.807) is 0 Å². The summed E-state index contributed by atoms with van der Waals surface area (Å²) in [5.41, 5.74) is 0.441. The second-order valence-corrected chi connectivity index (χ2v) is 6.19. The first-order valence-corrected chi connectivity index (χ1v) is 7.86. The Labute approximate surface area is 125 Å². The second-order valence-electron chi connectivity index (χ2n) is 6.19. The van der Waals surface area contributed by atoms with E-state index >= 15 is 0 Å². The largest absolute Gasteiger partial charge is 0.486 e. The number of allylic oxidation sites excluding steroid dienone is 3. The summed E-state index contributed by atoms with van der Waals surface area (Å²) < 4.78 is 11.0. The Bertz CT molecular complexity index is 509. The average Bonchev–Trinajstić information content (AvgIpc) is 2.95. The lowest BCUT2D eigenvalue weighted by molar-refractivity contribution is -0.143. The molecule has 3 rings (SSSR count). The van der Waals surface area contributed by atoms with Gasteiger partial charge >= 0.3 is 5.97 Å². The van der Waals surface area contributed by atoms with Crippen molar-refractivity contribution in [2.24, 2.45) is 5.92 Å². The van der Waals surface area contributed by atoms with Crippen LogP contribution in [0.5, 0.6) is 0 Å². The van der Waals surface area contributed by atoms with E-state index in [4.69, 9.17) is 9.47 Å². The van der Waals surface area contributed by atoms with E-state index in [-0.39, 0.29) is 29.7 Å². The minimum absolute atomic E-state index is 0.190. The van der Waals surface area contributed by atoms with Gasteiger partial charge in [-0.15, -0.1) is 0 Å². The fraction of sp³-hybridized carbons (Fsp3) is 0.647. The molecular weight excluding hydrogens is 268 g/mol. The third kappa shape index (κ3) is 2.52. The van der Waals surface area contributed by atoms with Crippen LogP contribution in [0.4, 0.5) is 0 Å². The summed E-state index contributed by atoms with van der Waals surface area (Å²) in [6.07, 6.45) is 10.5. The Morgan fingerprint density at radius 3 is 2.90 bits per heavy atom. The van der Waals surface area contributed by atoms with Crippen molar-refractivity contribution >= 4 is 11.8 Å². The van der Waals surface area contributed by atoms with Gasteiger partial charge in [-0.1, -0.05) is 6.08 Å². The van der Waals surface area contributed by atoms with E-state index in [0.717, 1.165) is 49.9 Å². The molecule has 114 valence electrons. The van der Waals surface area contributed by atoms with Crippen molar-refractivity contribution in [3.8, 4) is 0 Å². The fourth-order valence-corrected chi connectivity index (χ4v) is 3.90. The monoisotopic (exact) mass is 290 g/mol. The average molecular weight is 290 g/mol. The van der Waals surface area contributed by atoms with Gasteiger partial charge in [0.05, 0.1) is 13.0 Å². The van der Waals surface area contributed by atoms with Crippen molar-refractivity contribution in [1.29, 1.82) is 0 Å². The minimum atomic E-state index is -0.383. The molecule has 0 aromatic heterocycles. The molecule has 1 spiro atoms. The zero-order valence-corrected chi connectivity index (χ0v) is 12.5. The van der Waals surface area contributed by atoms with Crippen LogP contribution in [0.15, 0.2) is 23.5 Å². The van der Waals surface area contributed by atoms with Gasteiger partial charge < -0.3 is 9.47 Å². The number of hydrogen-bond acceptors (Lipinski definition) is 4. The molecule has 1 saturated carbocycles. The van der Waals surface area contributed by atoms with E-state index in [0.29, 0.717) is 6.42 Å². The molecule has 0 aromatic carbocycles. The molecule has 21 heavy (non-hydrogen) atoms. The maximum absolute atomic E-state index is 12.9. The molecule has 1 heterocycles. The first-order chi connectivity index (χ1) is 10.2. The summed E-state index contributed by atoms with van der Waals surface area (Å²) >= 11 is 0. The SMILES string of the molecule is COC(=O)CCC1C(=O)C2=C(C=CCC2)OC12CCCC2. The number of hydrogen-bond donors (Lipinski definition) is 0. The molecule has 1 unspecified atom stereocenters. The Hall–Kier alpha value is -1.58. The lowest BCUT2D eigenvalue weighted by atomic mass is 9.74. The number of carbonyl (C=O) groups is 2. The van der Waals surface area contributed by atoms with E-state index in [9.17, 15) is 9.59 Å². The maximum Gasteiger partial charge on any atom is 0.305 e. The van der Waals surface area contributed by atoms with Gasteiger partial charge in [0.2, 0.25) is 0 Å². The van der Waals surface area contributed by atoms with E-state index in [1.807, 2.05) is 6.08 Å². The second kappa shape index (κ2) is 5.66. The Kier molecular flexibility index (Phi) is 3.87. The topological polar surface area (TPSA) is 52.6 Å². The number of Topliss-reactive ketones (excluding diaryl/α,β-unsaturated/α-hetero) is 1. The fourth-order valence-electron chi connectivity index (χ4n) is 3.90. The number of rotatable bonds is 3. The molecule has 1 aliphatic heterocycles. The van der Waals surface area contributed by atoms with Crippen LogP contribution in [-0.4, -0.2) is 24.5 Å². The molecule has 4 heteroatoms. The van der Waals surface area contributed by atoms with Gasteiger partial charge in [0.25, 0.3) is 0 Å². The highest BCUT2D eigenvalue weighted by molar-refractivity contribution is 6.00. The third-order valence-electron chi connectivity index (χ3n) is 5.00. The lowest BCUT2D eigenvalue weighted by Crippen LogP contribution is -2.47. The Balaban J connectivity index is 1.87. The van der Waals surface area contributed by atoms with Crippen molar-refractivity contribution in [1.82, 2.24) is 0 Å². The zero-order chi connectivity index (χ0) is 14.9. The number of ketones is 1. The molecule has 0 aromatic rings. The molecule has 3 aliphatic rings. The van der Waals surface area contributed by atoms with Crippen LogP contribution in [0.1, 0.15) is 51.4 Å². The molecule has 0 amide bonds. The van der Waals surface area contributed by atoms with Gasteiger partial charge in [0.15, 0.2) is 5.78 Å². The number of ether oxygens (including phenoxy) is 2. The Morgan fingerprint density at radius 1 is 1.43 bits per heavy atom. The van der Waals surface area contributed by atoms with Gasteiger partial charge in [-0.25, -0.2) is 0 Å². The summed E-state index contributed by atoms with van der Waals surface area (Å²) in [5.74, 6) is 0.539. The van der Waals surface area contributed by atoms with Crippen LogP contribution in [0, 0.1) is 5.92 Å². The smallest absolute Gasteiger partial charge is 0.305 e. The summed E-state index contributed by atoms with van der Waals surface area (Å²) in [6, 6.07) is 0. The molecule has 0 radical (unpaired) electrons. The van der Waals surface area contributed by atoms with Crippen LogP contribution >= 0.6 is 0 Å². The highest BCUT2D eigenvalue weighted by Gasteiger charge is 2.51. The van der Waals surface area contributed by atoms with E-state index in [2.05, 4.69) is 6.08 Å². The van der Waals surface area contributed by atoms with Gasteiger partial charge in [-0.3, -0.25) is 9.59 Å². The maximum atomic E-state index is 12.9. The highest BCUT2D eigenvalue weighted by atomic mass is 16.5. The summed E-state index contributed by atoms with van der Waals surface area (Å²) in [4.78, 5) is 24.3. The quantitative estimate of drug-likeness (QED) is 0.750. The van der Waals surface area contributed by atoms with Gasteiger partial charge in [-0.2, -0.15) is 0 Å². The molecule has 4 nitrogen and oxygen atoms in total. The first kappa shape index (κ1) is 14.4. The van der Waals surface area contributed by atoms with Crippen molar-refractivity contribution in [2.45, 2.75) is 57.0 Å². The summed E-state index contributed by atoms with van der Waals surface area (Å²) in [5, 5.41) is 0. The van der Waals surface area contributed by atoms with Crippen LogP contribution < -0.4 is 0 Å². The van der Waals surface area contributed by atoms with Crippen molar-refractivity contribution in [2.75, 3.05) is 7.11 Å². The molecule has 0 N–H and O–H groups in total. The van der Waals surface area contributed by atoms with Crippen LogP contribution in [0.2, 0.25) is 0 Å². The standard InChI is InChI=1S/C17H22O4/c1-20-15(18)9-8-13-16(19)12-6-2-3-7-14(12)21-17(13)10-4-5-11-17/h3,7,13H,2,4-6,8-11H2,1H3. The normalized spacial score (nSPS) is 26.7. The summed E-state index contributed by atoms with van der Waals surface area (Å²) in [7, 11) is 1.39. The molecule has 0 saturated heterocycles. The van der Waals surface area contributed by atoms with Crippen LogP contribution in [0.25, 0.3) is 0 Å². The minimum Gasteiger partial charge on any atom is -0.486 e. The number of carbonyl (C=O) groups excluding carboxylic acids is 2. The van der Waals surface area contributed by atoms with Crippen LogP contribution in [-0.2, 0) is 19.1 Å². The number of methoxy groups -OCH3 is 1. The summed E-state index contributed by atoms with van der Waals surface area (Å²) in [6.45, 7) is 0. The van der Waals surface area contributed by atoms with Crippen molar-refractivity contribution in [3.05, 3.63) is 23.5 Å². The van der Waals surface area contributed by atoms with Crippen LogP contribution in [0.3, 0.4) is 0 Å². The zero-order valence-electron chi connectivity index (χ0n) is 12.5. The third-order valence-corrected chi connectivity index (χ3v) is 5.00. The highest BCUT2D eigenvalue weighted by Crippen LogP contribution is 2.48. The molecule has 0 bridgehead atoms. The molecule has 1 fully saturated rings. The Morgan fingerprint density at radius 2 is 2.19 bits per heavy atom. The van der Waals surface area contributed by atoms with Crippen molar-refractivity contribution < 1.29 is 19.1 Å². The molecular formula is C17H22O4. The van der Waals surface area contributed by atoms with Crippen molar-refractivity contribution in [3.63, 3.8) is 0 Å². The van der Waals surface area contributed by atoms with Gasteiger partial charge in [-0.05, 0) is 51.0 Å². The lowest BCUT2D eigenvalue weighted by Gasteiger charge is -2.42.